The summed E-state index contributed by atoms with van der Waals surface area (Å²) in [6, 6.07) is 1.22. The second-order valence-corrected chi connectivity index (χ2v) is 4.45. The standard InChI is InChI=1S/C9H11N2O5Se/c12-3-4-6(14)7(15)8(16-4)11-2-1-5(13)10-9(11)17/h1-2,4,6-8,12,14-15H,3H2/t4-,6?,7?,8-/m0/s1. The predicted molar refractivity (Wildman–Crippen MR) is 56.9 cm³/mol. The van der Waals surface area contributed by atoms with Crippen molar-refractivity contribution in [3.8, 4) is 0 Å². The first kappa shape index (κ1) is 12.7. The number of hydrogen-bond acceptors (Lipinski definition) is 6. The molecule has 2 heterocycles. The van der Waals surface area contributed by atoms with Crippen LogP contribution in [0.1, 0.15) is 6.23 Å². The minimum atomic E-state index is -1.19. The van der Waals surface area contributed by atoms with Gasteiger partial charge in [0.2, 0.25) is 0 Å². The Kier molecular flexibility index (Phi) is 3.62. The first-order valence-electron chi connectivity index (χ1n) is 4.93. The van der Waals surface area contributed by atoms with Crippen LogP contribution < -0.4 is 10.3 Å². The van der Waals surface area contributed by atoms with Gasteiger partial charge in [0.25, 0.3) is 0 Å². The number of aliphatic hydroxyl groups is 3. The number of ether oxygens (including phenoxy) is 1. The molecule has 17 heavy (non-hydrogen) atoms. The minimum absolute atomic E-state index is 0.243. The van der Waals surface area contributed by atoms with Crippen molar-refractivity contribution in [2.45, 2.75) is 24.5 Å². The molecule has 93 valence electrons. The molecule has 1 aliphatic rings. The van der Waals surface area contributed by atoms with E-state index in [0.717, 1.165) is 0 Å². The third-order valence-corrected chi connectivity index (χ3v) is 3.23. The molecule has 1 aromatic heterocycles. The third kappa shape index (κ3) is 2.28. The van der Waals surface area contributed by atoms with Crippen LogP contribution in [0.3, 0.4) is 0 Å². The molecular weight excluding hydrogens is 295 g/mol. The van der Waals surface area contributed by atoms with E-state index in [4.69, 9.17) is 9.84 Å². The van der Waals surface area contributed by atoms with Crippen LogP contribution in [0, 0.1) is 0 Å². The van der Waals surface area contributed by atoms with Crippen LogP contribution in [0.4, 0.5) is 0 Å². The first-order valence-corrected chi connectivity index (χ1v) is 5.79. The molecule has 1 aromatic rings. The van der Waals surface area contributed by atoms with E-state index in [1.807, 2.05) is 0 Å². The summed E-state index contributed by atoms with van der Waals surface area (Å²) in [4.78, 5) is 14.6. The van der Waals surface area contributed by atoms with E-state index in [1.165, 1.54) is 16.8 Å². The molecule has 0 amide bonds. The Morgan fingerprint density at radius 2 is 2.18 bits per heavy atom. The molecule has 1 fully saturated rings. The molecule has 0 bridgehead atoms. The molecule has 4 atom stereocenters. The average Bonchev–Trinajstić information content (AvgIpc) is 2.57. The SMILES string of the molecule is O=c1ccn([C@H]2O[C@@H](CO)C(O)C2O)c([Se])n1. The first-order chi connectivity index (χ1) is 8.04. The molecule has 3 N–H and O–H groups in total. The zero-order valence-corrected chi connectivity index (χ0v) is 10.3. The van der Waals surface area contributed by atoms with Gasteiger partial charge in [0.15, 0.2) is 0 Å². The van der Waals surface area contributed by atoms with E-state index >= 15 is 0 Å². The molecule has 1 radical (unpaired) electrons. The topological polar surface area (TPSA) is 105 Å². The van der Waals surface area contributed by atoms with Gasteiger partial charge < -0.3 is 0 Å². The van der Waals surface area contributed by atoms with Crippen molar-refractivity contribution in [1.82, 2.24) is 9.55 Å². The third-order valence-electron chi connectivity index (χ3n) is 2.60. The van der Waals surface area contributed by atoms with Gasteiger partial charge in [-0.1, -0.05) is 0 Å². The van der Waals surface area contributed by atoms with Crippen molar-refractivity contribution in [3.63, 3.8) is 0 Å². The summed E-state index contributed by atoms with van der Waals surface area (Å²) in [5.41, 5.74) is -0.415. The summed E-state index contributed by atoms with van der Waals surface area (Å²) in [5, 5.41) is 28.3. The molecule has 0 saturated carbocycles. The van der Waals surface area contributed by atoms with Gasteiger partial charge in [-0.05, 0) is 0 Å². The van der Waals surface area contributed by atoms with Crippen molar-refractivity contribution < 1.29 is 20.1 Å². The number of nitrogens with zero attached hydrogens (tertiary/aromatic N) is 2. The Bertz CT molecular complexity index is 465. The van der Waals surface area contributed by atoms with Crippen LogP contribution in [-0.2, 0) is 4.74 Å². The second kappa shape index (κ2) is 4.85. The summed E-state index contributed by atoms with van der Waals surface area (Å²) < 4.78 is 6.93. The van der Waals surface area contributed by atoms with Gasteiger partial charge in [0.1, 0.15) is 0 Å². The summed E-state index contributed by atoms with van der Waals surface area (Å²) in [6.45, 7) is -0.398. The van der Waals surface area contributed by atoms with E-state index < -0.39 is 36.7 Å². The van der Waals surface area contributed by atoms with Gasteiger partial charge in [-0.25, -0.2) is 0 Å². The van der Waals surface area contributed by atoms with Gasteiger partial charge in [-0.15, -0.1) is 0 Å². The van der Waals surface area contributed by atoms with Gasteiger partial charge in [-0.3, -0.25) is 0 Å². The maximum absolute atomic E-state index is 11.0. The quantitative estimate of drug-likeness (QED) is 0.493. The van der Waals surface area contributed by atoms with Crippen molar-refractivity contribution in [1.29, 1.82) is 0 Å². The van der Waals surface area contributed by atoms with Crippen LogP contribution in [-0.4, -0.2) is 65.8 Å². The monoisotopic (exact) mass is 307 g/mol. The molecule has 0 aromatic carbocycles. The normalized spacial score (nSPS) is 32.9. The molecule has 0 aliphatic carbocycles. The summed E-state index contributed by atoms with van der Waals surface area (Å²) in [5.74, 6) is 0. The Balaban J connectivity index is 2.32. The number of aromatic nitrogens is 2. The molecule has 7 nitrogen and oxygen atoms in total. The van der Waals surface area contributed by atoms with Gasteiger partial charge in [0.05, 0.1) is 0 Å². The van der Waals surface area contributed by atoms with Gasteiger partial charge in [0, 0.05) is 0 Å². The maximum atomic E-state index is 11.0. The van der Waals surface area contributed by atoms with E-state index in [0.29, 0.717) is 0 Å². The fourth-order valence-corrected chi connectivity index (χ4v) is 2.24. The number of rotatable bonds is 2. The molecule has 1 aliphatic heterocycles. The Hall–Kier alpha value is -0.761. The van der Waals surface area contributed by atoms with Crippen molar-refractivity contribution in [2.75, 3.05) is 6.61 Å². The zero-order valence-electron chi connectivity index (χ0n) is 8.63. The summed E-state index contributed by atoms with van der Waals surface area (Å²) >= 11 is 2.57. The molecular formula is C9H11N2O5Se. The number of hydrogen-bond donors (Lipinski definition) is 3. The molecule has 1 saturated heterocycles. The Morgan fingerprint density at radius 3 is 2.71 bits per heavy atom. The van der Waals surface area contributed by atoms with E-state index in [-0.39, 0.29) is 4.72 Å². The second-order valence-electron chi connectivity index (χ2n) is 3.68. The molecule has 2 rings (SSSR count). The van der Waals surface area contributed by atoms with Crippen LogP contribution in [0.15, 0.2) is 17.1 Å². The van der Waals surface area contributed by atoms with E-state index in [1.54, 1.807) is 0 Å². The van der Waals surface area contributed by atoms with Crippen LogP contribution in [0.2, 0.25) is 0 Å². The van der Waals surface area contributed by atoms with Gasteiger partial charge >= 0.3 is 104 Å². The Labute approximate surface area is 104 Å². The van der Waals surface area contributed by atoms with E-state index in [9.17, 15) is 15.0 Å². The summed E-state index contributed by atoms with van der Waals surface area (Å²) in [6.07, 6.45) is -2.70. The predicted octanol–water partition coefficient (Wildman–Crippen LogP) is -3.35. The van der Waals surface area contributed by atoms with Crippen molar-refractivity contribution in [3.05, 3.63) is 22.6 Å². The zero-order chi connectivity index (χ0) is 12.6. The van der Waals surface area contributed by atoms with E-state index in [2.05, 4.69) is 21.0 Å². The molecule has 2 unspecified atom stereocenters. The molecule has 8 heteroatoms. The van der Waals surface area contributed by atoms with Crippen molar-refractivity contribution >= 4 is 20.7 Å². The van der Waals surface area contributed by atoms with Crippen molar-refractivity contribution in [2.24, 2.45) is 0 Å². The number of aliphatic hydroxyl groups excluding tert-OH is 3. The average molecular weight is 306 g/mol. The van der Waals surface area contributed by atoms with Crippen LogP contribution >= 0.6 is 0 Å². The Morgan fingerprint density at radius 1 is 1.47 bits per heavy atom. The van der Waals surface area contributed by atoms with Crippen LogP contribution in [0.5, 0.6) is 0 Å². The van der Waals surface area contributed by atoms with Gasteiger partial charge in [-0.2, -0.15) is 0 Å². The fourth-order valence-electron chi connectivity index (χ4n) is 1.70. The molecule has 0 spiro atoms. The fraction of sp³-hybridized carbons (Fsp3) is 0.556. The van der Waals surface area contributed by atoms with Crippen LogP contribution in [0.25, 0.3) is 0 Å². The summed E-state index contributed by atoms with van der Waals surface area (Å²) in [7, 11) is 0.